The van der Waals surface area contributed by atoms with Gasteiger partial charge in [0.25, 0.3) is 5.91 Å². The molecule has 114 valence electrons. The van der Waals surface area contributed by atoms with E-state index >= 15 is 0 Å². The zero-order valence-electron chi connectivity index (χ0n) is 12.1. The molecule has 1 aliphatic rings. The summed E-state index contributed by atoms with van der Waals surface area (Å²) in [4.78, 5) is 24.5. The highest BCUT2D eigenvalue weighted by Crippen LogP contribution is 2.36. The summed E-state index contributed by atoms with van der Waals surface area (Å²) < 4.78 is 1.68. The van der Waals surface area contributed by atoms with E-state index < -0.39 is 29.7 Å². The van der Waals surface area contributed by atoms with Crippen molar-refractivity contribution < 1.29 is 19.3 Å². The number of hydrogen-bond acceptors (Lipinski definition) is 4. The van der Waals surface area contributed by atoms with Crippen molar-refractivity contribution in [3.63, 3.8) is 0 Å². The Bertz CT molecular complexity index is 781. The van der Waals surface area contributed by atoms with Crippen LogP contribution in [-0.2, 0) is 9.59 Å². The van der Waals surface area contributed by atoms with E-state index in [2.05, 4.69) is 5.32 Å². The molecule has 6 heteroatoms. The molecular formula is C17H14N3O3+. The van der Waals surface area contributed by atoms with E-state index in [9.17, 15) is 20.0 Å². The van der Waals surface area contributed by atoms with E-state index in [0.717, 1.165) is 0 Å². The minimum atomic E-state index is -0.991. The van der Waals surface area contributed by atoms with Crippen LogP contribution in [0.3, 0.4) is 0 Å². The lowest BCUT2D eigenvalue weighted by Gasteiger charge is -2.29. The number of rotatable bonds is 2. The molecule has 1 saturated heterocycles. The molecule has 2 amide bonds. The van der Waals surface area contributed by atoms with E-state index in [-0.39, 0.29) is 5.75 Å². The molecule has 1 fully saturated rings. The fourth-order valence-electron chi connectivity index (χ4n) is 2.91. The number of nitrogens with one attached hydrogen (secondary N) is 1. The molecule has 23 heavy (non-hydrogen) atoms. The first-order chi connectivity index (χ1) is 11.1. The number of aromatic hydroxyl groups is 1. The maximum atomic E-state index is 12.4. The quantitative estimate of drug-likeness (QED) is 0.634. The molecule has 1 aliphatic heterocycles. The van der Waals surface area contributed by atoms with Gasteiger partial charge in [-0.3, -0.25) is 14.9 Å². The average Bonchev–Trinajstić information content (AvgIpc) is 2.56. The number of nitrogens with zero attached hydrogens (tertiary/aromatic N) is 2. The zero-order chi connectivity index (χ0) is 16.4. The molecule has 1 aromatic carbocycles. The first kappa shape index (κ1) is 14.7. The lowest BCUT2D eigenvalue weighted by molar-refractivity contribution is -0.713. The molecule has 2 aromatic rings. The van der Waals surface area contributed by atoms with Gasteiger partial charge in [-0.2, -0.15) is 9.83 Å². The lowest BCUT2D eigenvalue weighted by Crippen LogP contribution is -2.59. The van der Waals surface area contributed by atoms with Crippen molar-refractivity contribution in [1.29, 1.82) is 5.26 Å². The third-order valence-electron chi connectivity index (χ3n) is 3.97. The second kappa shape index (κ2) is 5.89. The molecule has 0 unspecified atom stereocenters. The van der Waals surface area contributed by atoms with Crippen LogP contribution in [0.15, 0.2) is 54.9 Å². The van der Waals surface area contributed by atoms with Crippen LogP contribution in [0.4, 0.5) is 0 Å². The monoisotopic (exact) mass is 308 g/mol. The zero-order valence-corrected chi connectivity index (χ0v) is 12.1. The number of phenolic OH excluding ortho intramolecular Hbond substituents is 1. The van der Waals surface area contributed by atoms with Gasteiger partial charge < -0.3 is 5.11 Å². The Morgan fingerprint density at radius 3 is 2.30 bits per heavy atom. The molecule has 3 atom stereocenters. The molecule has 0 spiro atoms. The van der Waals surface area contributed by atoms with Crippen LogP contribution in [0.1, 0.15) is 17.5 Å². The average molecular weight is 308 g/mol. The fraction of sp³-hybridized carbons (Fsp3) is 0.176. The Hall–Kier alpha value is -3.20. The van der Waals surface area contributed by atoms with Gasteiger partial charge in [-0.1, -0.05) is 18.2 Å². The Morgan fingerprint density at radius 2 is 1.70 bits per heavy atom. The van der Waals surface area contributed by atoms with Crippen LogP contribution in [0.25, 0.3) is 0 Å². The number of imide groups is 1. The maximum absolute atomic E-state index is 12.4. The van der Waals surface area contributed by atoms with Crippen molar-refractivity contribution in [2.24, 2.45) is 5.92 Å². The van der Waals surface area contributed by atoms with Crippen LogP contribution < -0.4 is 9.88 Å². The number of pyridine rings is 1. The maximum Gasteiger partial charge on any atom is 0.296 e. The van der Waals surface area contributed by atoms with Crippen LogP contribution in [-0.4, -0.2) is 16.9 Å². The van der Waals surface area contributed by atoms with E-state index in [1.54, 1.807) is 41.2 Å². The first-order valence-electron chi connectivity index (χ1n) is 7.11. The predicted molar refractivity (Wildman–Crippen MR) is 78.8 cm³/mol. The molecule has 0 bridgehead atoms. The number of carbonyl (C=O) groups excluding carboxylic acids is 2. The molecule has 1 aromatic heterocycles. The van der Waals surface area contributed by atoms with Crippen molar-refractivity contribution in [1.82, 2.24) is 5.32 Å². The van der Waals surface area contributed by atoms with Gasteiger partial charge >= 0.3 is 0 Å². The summed E-state index contributed by atoms with van der Waals surface area (Å²) in [5.41, 5.74) is 0.652. The third kappa shape index (κ3) is 2.64. The molecule has 2 N–H and O–H groups in total. The van der Waals surface area contributed by atoms with Gasteiger partial charge in [0.2, 0.25) is 11.9 Å². The van der Waals surface area contributed by atoms with Crippen molar-refractivity contribution in [2.45, 2.75) is 12.0 Å². The van der Waals surface area contributed by atoms with Gasteiger partial charge in [0, 0.05) is 12.1 Å². The number of amides is 2. The standard InChI is InChI=1S/C17H13N3O3/c18-10-13-14(11-4-6-12(21)7-5-11)15(17(23)19-16(13)22)20-8-2-1-3-9-20/h1-9,13-15H,(H-,19,21,22,23)/p+1/t13-,14+,15+/m0/s1. The summed E-state index contributed by atoms with van der Waals surface area (Å²) in [6, 6.07) is 12.9. The molecule has 0 radical (unpaired) electrons. The number of aromatic nitrogens is 1. The van der Waals surface area contributed by atoms with Crippen molar-refractivity contribution in [3.8, 4) is 11.8 Å². The molecule has 2 heterocycles. The highest BCUT2D eigenvalue weighted by molar-refractivity contribution is 6.02. The van der Waals surface area contributed by atoms with Crippen LogP contribution in [0, 0.1) is 17.2 Å². The second-order valence-corrected chi connectivity index (χ2v) is 5.35. The van der Waals surface area contributed by atoms with Gasteiger partial charge in [-0.15, -0.1) is 0 Å². The summed E-state index contributed by atoms with van der Waals surface area (Å²) in [6.45, 7) is 0. The molecule has 3 rings (SSSR count). The fourth-order valence-corrected chi connectivity index (χ4v) is 2.91. The lowest BCUT2D eigenvalue weighted by atomic mass is 9.77. The minimum absolute atomic E-state index is 0.0813. The Labute approximate surface area is 132 Å². The Morgan fingerprint density at radius 1 is 1.04 bits per heavy atom. The van der Waals surface area contributed by atoms with E-state index in [1.807, 2.05) is 12.1 Å². The van der Waals surface area contributed by atoms with Gasteiger partial charge in [0.1, 0.15) is 11.7 Å². The van der Waals surface area contributed by atoms with E-state index in [1.165, 1.54) is 12.1 Å². The predicted octanol–water partition coefficient (Wildman–Crippen LogP) is 0.801. The topological polar surface area (TPSA) is 94.1 Å². The highest BCUT2D eigenvalue weighted by Gasteiger charge is 2.50. The van der Waals surface area contributed by atoms with Gasteiger partial charge in [-0.05, 0) is 17.7 Å². The number of phenols is 1. The summed E-state index contributed by atoms with van der Waals surface area (Å²) in [5, 5.41) is 21.1. The molecule has 0 aliphatic carbocycles. The number of piperidine rings is 1. The van der Waals surface area contributed by atoms with Crippen LogP contribution >= 0.6 is 0 Å². The van der Waals surface area contributed by atoms with Crippen molar-refractivity contribution in [2.75, 3.05) is 0 Å². The van der Waals surface area contributed by atoms with Gasteiger partial charge in [0.05, 0.1) is 12.0 Å². The summed E-state index contributed by atoms with van der Waals surface area (Å²) in [6.07, 6.45) is 3.45. The van der Waals surface area contributed by atoms with E-state index in [4.69, 9.17) is 0 Å². The SMILES string of the molecule is N#C[C@@H]1C(=O)NC(=O)[C@H]([n+]2ccccc2)[C@@H]1c1ccc(O)cc1. The van der Waals surface area contributed by atoms with Crippen LogP contribution in [0.2, 0.25) is 0 Å². The van der Waals surface area contributed by atoms with Gasteiger partial charge in [0.15, 0.2) is 12.4 Å². The molecule has 0 saturated carbocycles. The number of hydrogen-bond donors (Lipinski definition) is 2. The first-order valence-corrected chi connectivity index (χ1v) is 7.11. The largest absolute Gasteiger partial charge is 0.508 e. The summed E-state index contributed by atoms with van der Waals surface area (Å²) >= 11 is 0. The van der Waals surface area contributed by atoms with Crippen molar-refractivity contribution >= 4 is 11.8 Å². The molecular weight excluding hydrogens is 294 g/mol. The van der Waals surface area contributed by atoms with Crippen molar-refractivity contribution in [3.05, 3.63) is 60.4 Å². The molecule has 6 nitrogen and oxygen atoms in total. The van der Waals surface area contributed by atoms with Gasteiger partial charge in [-0.25, -0.2) is 0 Å². The normalized spacial score (nSPS) is 23.9. The Kier molecular flexibility index (Phi) is 3.77. The number of benzene rings is 1. The third-order valence-corrected chi connectivity index (χ3v) is 3.97. The van der Waals surface area contributed by atoms with E-state index in [0.29, 0.717) is 5.56 Å². The number of carbonyl (C=O) groups is 2. The summed E-state index contributed by atoms with van der Waals surface area (Å²) in [5.74, 6) is -2.58. The summed E-state index contributed by atoms with van der Waals surface area (Å²) in [7, 11) is 0. The van der Waals surface area contributed by atoms with Crippen LogP contribution in [0.5, 0.6) is 5.75 Å². The number of nitriles is 1. The minimum Gasteiger partial charge on any atom is -0.508 e. The smallest absolute Gasteiger partial charge is 0.296 e. The highest BCUT2D eigenvalue weighted by atomic mass is 16.3. The second-order valence-electron chi connectivity index (χ2n) is 5.35. The Balaban J connectivity index is 2.13.